The van der Waals surface area contributed by atoms with Gasteiger partial charge in [0.1, 0.15) is 0 Å². The lowest BCUT2D eigenvalue weighted by Gasteiger charge is -2.37. The van der Waals surface area contributed by atoms with E-state index in [1.54, 1.807) is 16.8 Å². The van der Waals surface area contributed by atoms with Crippen molar-refractivity contribution in [2.75, 3.05) is 19.8 Å². The Hall–Kier alpha value is -1.50. The molecule has 1 N–H and O–H groups in total. The van der Waals surface area contributed by atoms with Gasteiger partial charge in [0.25, 0.3) is 5.91 Å². The molecule has 1 amide bonds. The number of hydrogen-bond acceptors (Lipinski definition) is 5. The maximum atomic E-state index is 12.9. The molecule has 1 aliphatic heterocycles. The predicted octanol–water partition coefficient (Wildman–Crippen LogP) is 1.91. The highest BCUT2D eigenvalue weighted by atomic mass is 32.1. The Labute approximate surface area is 132 Å². The van der Waals surface area contributed by atoms with Crippen molar-refractivity contribution in [2.24, 2.45) is 5.92 Å². The number of rotatable bonds is 2. The summed E-state index contributed by atoms with van der Waals surface area (Å²) in [6.07, 6.45) is 1.75. The normalized spacial score (nSPS) is 28.0. The van der Waals surface area contributed by atoms with Gasteiger partial charge in [0.15, 0.2) is 0 Å². The molecule has 1 aliphatic carbocycles. The third-order valence-electron chi connectivity index (χ3n) is 4.73. The second-order valence-corrected chi connectivity index (χ2v) is 6.92. The van der Waals surface area contributed by atoms with E-state index in [4.69, 9.17) is 4.74 Å². The number of aliphatic hydroxyl groups is 1. The van der Waals surface area contributed by atoms with Gasteiger partial charge in [-0.1, -0.05) is 0 Å². The molecule has 2 fully saturated rings. The average molecular weight is 318 g/mol. The molecule has 4 rings (SSSR count). The van der Waals surface area contributed by atoms with Crippen LogP contribution in [0, 0.1) is 5.92 Å². The number of hydrogen-bond donors (Lipinski definition) is 1. The molecule has 6 heteroatoms. The van der Waals surface area contributed by atoms with E-state index in [2.05, 4.69) is 4.98 Å². The Balaban J connectivity index is 1.60. The van der Waals surface area contributed by atoms with Crippen molar-refractivity contribution in [1.82, 2.24) is 9.88 Å². The van der Waals surface area contributed by atoms with E-state index in [1.807, 2.05) is 23.1 Å². The van der Waals surface area contributed by atoms with Gasteiger partial charge in [-0.3, -0.25) is 4.79 Å². The van der Waals surface area contributed by atoms with Crippen LogP contribution >= 0.6 is 11.3 Å². The lowest BCUT2D eigenvalue weighted by atomic mass is 10.1. The minimum Gasteiger partial charge on any atom is -0.396 e. The maximum Gasteiger partial charge on any atom is 0.254 e. The molecule has 1 aromatic carbocycles. The van der Waals surface area contributed by atoms with Gasteiger partial charge in [-0.2, -0.15) is 0 Å². The van der Waals surface area contributed by atoms with Crippen molar-refractivity contribution < 1.29 is 14.6 Å². The summed E-state index contributed by atoms with van der Waals surface area (Å²) < 4.78 is 6.83. The third-order valence-corrected chi connectivity index (χ3v) is 5.52. The smallest absolute Gasteiger partial charge is 0.254 e. The number of carbonyl (C=O) groups is 1. The molecule has 116 valence electrons. The topological polar surface area (TPSA) is 62.7 Å². The van der Waals surface area contributed by atoms with Gasteiger partial charge >= 0.3 is 0 Å². The quantitative estimate of drug-likeness (QED) is 0.919. The Morgan fingerprint density at radius 2 is 2.36 bits per heavy atom. The highest BCUT2D eigenvalue weighted by Gasteiger charge is 2.42. The molecule has 1 saturated carbocycles. The number of ether oxygens (including phenoxy) is 1. The molecule has 3 atom stereocenters. The van der Waals surface area contributed by atoms with Crippen LogP contribution < -0.4 is 0 Å². The first kappa shape index (κ1) is 14.1. The summed E-state index contributed by atoms with van der Waals surface area (Å²) in [7, 11) is 0. The number of amides is 1. The number of nitrogens with zero attached hydrogens (tertiary/aromatic N) is 2. The first-order valence-corrected chi connectivity index (χ1v) is 8.51. The van der Waals surface area contributed by atoms with Crippen LogP contribution in [0.5, 0.6) is 0 Å². The minimum absolute atomic E-state index is 0.0622. The molecule has 1 unspecified atom stereocenters. The molecule has 5 nitrogen and oxygen atoms in total. The van der Waals surface area contributed by atoms with Crippen LogP contribution in [0.15, 0.2) is 23.7 Å². The van der Waals surface area contributed by atoms with Crippen molar-refractivity contribution in [2.45, 2.75) is 25.0 Å². The van der Waals surface area contributed by atoms with E-state index in [0.29, 0.717) is 18.7 Å². The first-order chi connectivity index (χ1) is 10.8. The molecule has 2 aliphatic rings. The van der Waals surface area contributed by atoms with Gasteiger partial charge < -0.3 is 14.7 Å². The summed E-state index contributed by atoms with van der Waals surface area (Å²) in [5.41, 5.74) is 3.44. The van der Waals surface area contributed by atoms with Gasteiger partial charge in [-0.25, -0.2) is 4.98 Å². The van der Waals surface area contributed by atoms with Crippen LogP contribution in [0.1, 0.15) is 23.2 Å². The number of thiazole rings is 1. The molecular weight excluding hydrogens is 300 g/mol. The molecular formula is C16H18N2O3S. The molecule has 2 heterocycles. The summed E-state index contributed by atoms with van der Waals surface area (Å²) in [4.78, 5) is 19.1. The van der Waals surface area contributed by atoms with Crippen molar-refractivity contribution in [3.8, 4) is 0 Å². The third kappa shape index (κ3) is 2.31. The van der Waals surface area contributed by atoms with Crippen molar-refractivity contribution in [1.29, 1.82) is 0 Å². The zero-order chi connectivity index (χ0) is 15.1. The molecule has 1 aromatic heterocycles. The lowest BCUT2D eigenvalue weighted by molar-refractivity contribution is -0.0448. The molecule has 0 radical (unpaired) electrons. The second-order valence-electron chi connectivity index (χ2n) is 6.03. The fourth-order valence-electron chi connectivity index (χ4n) is 3.61. The second kappa shape index (κ2) is 5.61. The van der Waals surface area contributed by atoms with Gasteiger partial charge in [0.2, 0.25) is 0 Å². The van der Waals surface area contributed by atoms with Crippen LogP contribution in [0.25, 0.3) is 10.2 Å². The van der Waals surface area contributed by atoms with E-state index >= 15 is 0 Å². The molecule has 1 saturated heterocycles. The molecule has 0 spiro atoms. The van der Waals surface area contributed by atoms with E-state index in [9.17, 15) is 9.90 Å². The van der Waals surface area contributed by atoms with Crippen LogP contribution in [-0.2, 0) is 4.74 Å². The lowest BCUT2D eigenvalue weighted by Crippen LogP contribution is -2.51. The van der Waals surface area contributed by atoms with Gasteiger partial charge in [0, 0.05) is 18.7 Å². The fourth-order valence-corrected chi connectivity index (χ4v) is 4.32. The Kier molecular flexibility index (Phi) is 3.60. The standard InChI is InChI=1S/C16H18N2O3S/c19-8-10-5-13-14(6-10)21-4-3-18(13)16(20)11-1-2-12-15(7-11)22-9-17-12/h1-2,7,9-10,13-14,19H,3-6,8H2/t10-,13+,14?/m1/s1. The van der Waals surface area contributed by atoms with Crippen LogP contribution in [0.2, 0.25) is 0 Å². The monoisotopic (exact) mass is 318 g/mol. The van der Waals surface area contributed by atoms with Crippen LogP contribution in [0.3, 0.4) is 0 Å². The SMILES string of the molecule is O=C(c1ccc2ncsc2c1)N1CCOC2C[C@H](CO)C[C@@H]21. The summed E-state index contributed by atoms with van der Waals surface area (Å²) in [6, 6.07) is 5.78. The summed E-state index contributed by atoms with van der Waals surface area (Å²) >= 11 is 1.55. The largest absolute Gasteiger partial charge is 0.396 e. The van der Waals surface area contributed by atoms with Crippen molar-refractivity contribution in [3.63, 3.8) is 0 Å². The van der Waals surface area contributed by atoms with Gasteiger partial charge in [0.05, 0.1) is 34.5 Å². The number of benzene rings is 1. The first-order valence-electron chi connectivity index (χ1n) is 7.63. The van der Waals surface area contributed by atoms with Crippen LogP contribution in [-0.4, -0.2) is 52.8 Å². The number of fused-ring (bicyclic) bond motifs is 2. The van der Waals surface area contributed by atoms with Gasteiger partial charge in [-0.15, -0.1) is 11.3 Å². The molecule has 0 bridgehead atoms. The highest BCUT2D eigenvalue weighted by Crippen LogP contribution is 2.35. The minimum atomic E-state index is 0.0622. The Morgan fingerprint density at radius 3 is 3.23 bits per heavy atom. The Bertz CT molecular complexity index is 702. The zero-order valence-electron chi connectivity index (χ0n) is 12.1. The molecule has 2 aromatic rings. The number of carbonyl (C=O) groups excluding carboxylic acids is 1. The highest BCUT2D eigenvalue weighted by molar-refractivity contribution is 7.16. The average Bonchev–Trinajstić information content (AvgIpc) is 3.18. The van der Waals surface area contributed by atoms with E-state index in [1.165, 1.54) is 0 Å². The van der Waals surface area contributed by atoms with Crippen LogP contribution in [0.4, 0.5) is 0 Å². The fraction of sp³-hybridized carbons (Fsp3) is 0.500. The number of morpholine rings is 1. The Morgan fingerprint density at radius 1 is 1.45 bits per heavy atom. The van der Waals surface area contributed by atoms with Crippen molar-refractivity contribution >= 4 is 27.5 Å². The number of aromatic nitrogens is 1. The van der Waals surface area contributed by atoms with E-state index in [0.717, 1.165) is 23.1 Å². The van der Waals surface area contributed by atoms with E-state index in [-0.39, 0.29) is 30.6 Å². The number of aliphatic hydroxyl groups excluding tert-OH is 1. The van der Waals surface area contributed by atoms with E-state index < -0.39 is 0 Å². The maximum absolute atomic E-state index is 12.9. The van der Waals surface area contributed by atoms with Crippen molar-refractivity contribution in [3.05, 3.63) is 29.3 Å². The predicted molar refractivity (Wildman–Crippen MR) is 84.0 cm³/mol. The summed E-state index contributed by atoms with van der Waals surface area (Å²) in [6.45, 7) is 1.37. The summed E-state index contributed by atoms with van der Waals surface area (Å²) in [5.74, 6) is 0.305. The molecule has 22 heavy (non-hydrogen) atoms. The summed E-state index contributed by atoms with van der Waals surface area (Å²) in [5, 5.41) is 9.39. The zero-order valence-corrected chi connectivity index (χ0v) is 13.0. The van der Waals surface area contributed by atoms with Gasteiger partial charge in [-0.05, 0) is 37.0 Å².